The van der Waals surface area contributed by atoms with Gasteiger partial charge in [0.2, 0.25) is 0 Å². The zero-order valence-corrected chi connectivity index (χ0v) is 10.8. The molecule has 2 aromatic rings. The summed E-state index contributed by atoms with van der Waals surface area (Å²) in [6.45, 7) is 6.07. The zero-order valence-electron chi connectivity index (χ0n) is 10.8. The number of nitrogens with one attached hydrogen (secondary N) is 1. The smallest absolute Gasteiger partial charge is 0.179 e. The van der Waals surface area contributed by atoms with E-state index in [1.54, 1.807) is 0 Å². The first kappa shape index (κ1) is 11.9. The molecule has 0 unspecified atom stereocenters. The fraction of sp³-hybridized carbons (Fsp3) is 0.400. The van der Waals surface area contributed by atoms with Gasteiger partial charge in [0.1, 0.15) is 0 Å². The molecule has 1 heterocycles. The molecule has 1 aliphatic carbocycles. The summed E-state index contributed by atoms with van der Waals surface area (Å²) in [4.78, 5) is 15.0. The van der Waals surface area contributed by atoms with E-state index in [9.17, 15) is 4.79 Å². The van der Waals surface area contributed by atoms with Gasteiger partial charge in [0.15, 0.2) is 5.78 Å². The van der Waals surface area contributed by atoms with Crippen molar-refractivity contribution in [3.8, 4) is 0 Å². The Balaban J connectivity index is 0.000000514. The fourth-order valence-corrected chi connectivity index (χ4v) is 2.42. The number of carbonyl (C=O) groups excluding carboxylic acids is 1. The third-order valence-corrected chi connectivity index (χ3v) is 3.17. The Labute approximate surface area is 102 Å². The van der Waals surface area contributed by atoms with Crippen molar-refractivity contribution in [2.75, 3.05) is 0 Å². The molecule has 0 spiro atoms. The lowest BCUT2D eigenvalue weighted by Crippen LogP contribution is -2.09. The van der Waals surface area contributed by atoms with Crippen LogP contribution < -0.4 is 0 Å². The number of aromatic nitrogens is 1. The lowest BCUT2D eigenvalue weighted by Gasteiger charge is -2.09. The molecule has 0 radical (unpaired) electrons. The second kappa shape index (κ2) is 4.74. The van der Waals surface area contributed by atoms with Gasteiger partial charge in [-0.25, -0.2) is 0 Å². The molecule has 0 amide bonds. The van der Waals surface area contributed by atoms with Crippen LogP contribution >= 0.6 is 0 Å². The van der Waals surface area contributed by atoms with Crippen LogP contribution in [0.25, 0.3) is 10.9 Å². The number of carbonyl (C=O) groups is 1. The number of benzene rings is 1. The number of hydrogen-bond donors (Lipinski definition) is 1. The number of fused-ring (bicyclic) bond motifs is 3. The average Bonchev–Trinajstić information content (AvgIpc) is 2.71. The second-order valence-electron chi connectivity index (χ2n) is 4.30. The minimum Gasteiger partial charge on any atom is -0.352 e. The fourth-order valence-electron chi connectivity index (χ4n) is 2.42. The number of aryl methyl sites for hydroxylation is 2. The normalized spacial score (nSPS) is 14.2. The standard InChI is InChI=1S/C13H13NO.C2H6/c1-8-5-6-9-10-3-2-4-12(15)13(10)14-11(9)7-8;1-2/h5-7,14H,2-4H2,1H3;1-2H3. The Morgan fingerprint density at radius 1 is 1.18 bits per heavy atom. The SMILES string of the molecule is CC.Cc1ccc2c3c([nH]c2c1)C(=O)CCC3. The van der Waals surface area contributed by atoms with Gasteiger partial charge in [-0.2, -0.15) is 0 Å². The maximum absolute atomic E-state index is 11.7. The van der Waals surface area contributed by atoms with Crippen LogP contribution in [0.1, 0.15) is 48.3 Å². The van der Waals surface area contributed by atoms with E-state index < -0.39 is 0 Å². The molecule has 0 saturated carbocycles. The van der Waals surface area contributed by atoms with Crippen molar-refractivity contribution in [2.24, 2.45) is 0 Å². The first-order chi connectivity index (χ1) is 8.25. The minimum absolute atomic E-state index is 0.269. The van der Waals surface area contributed by atoms with Crippen LogP contribution in [-0.4, -0.2) is 10.8 Å². The van der Waals surface area contributed by atoms with Crippen molar-refractivity contribution in [2.45, 2.75) is 40.0 Å². The van der Waals surface area contributed by atoms with Gasteiger partial charge < -0.3 is 4.98 Å². The van der Waals surface area contributed by atoms with E-state index in [0.29, 0.717) is 6.42 Å². The maximum Gasteiger partial charge on any atom is 0.179 e. The molecular weight excluding hydrogens is 210 g/mol. The van der Waals surface area contributed by atoms with Crippen molar-refractivity contribution in [3.63, 3.8) is 0 Å². The van der Waals surface area contributed by atoms with E-state index in [0.717, 1.165) is 24.1 Å². The van der Waals surface area contributed by atoms with Gasteiger partial charge in [0.25, 0.3) is 0 Å². The molecule has 0 atom stereocenters. The van der Waals surface area contributed by atoms with Crippen LogP contribution in [0.15, 0.2) is 18.2 Å². The highest BCUT2D eigenvalue weighted by molar-refractivity contribution is 6.03. The van der Waals surface area contributed by atoms with Gasteiger partial charge in [-0.1, -0.05) is 26.0 Å². The van der Waals surface area contributed by atoms with Crippen LogP contribution in [0.2, 0.25) is 0 Å². The van der Waals surface area contributed by atoms with Gasteiger partial charge in [-0.05, 0) is 37.0 Å². The van der Waals surface area contributed by atoms with Crippen molar-refractivity contribution >= 4 is 16.7 Å². The molecule has 0 fully saturated rings. The lowest BCUT2D eigenvalue weighted by atomic mass is 9.94. The Morgan fingerprint density at radius 2 is 1.94 bits per heavy atom. The highest BCUT2D eigenvalue weighted by Gasteiger charge is 2.21. The summed E-state index contributed by atoms with van der Waals surface area (Å²) in [5, 5.41) is 1.23. The average molecular weight is 229 g/mol. The van der Waals surface area contributed by atoms with Gasteiger partial charge in [0.05, 0.1) is 5.69 Å². The van der Waals surface area contributed by atoms with Crippen LogP contribution in [0.4, 0.5) is 0 Å². The number of rotatable bonds is 0. The van der Waals surface area contributed by atoms with E-state index in [1.165, 1.54) is 16.5 Å². The predicted molar refractivity (Wildman–Crippen MR) is 71.7 cm³/mol. The van der Waals surface area contributed by atoms with Gasteiger partial charge in [0, 0.05) is 17.3 Å². The molecule has 2 heteroatoms. The van der Waals surface area contributed by atoms with E-state index in [2.05, 4.69) is 30.1 Å². The van der Waals surface area contributed by atoms with Gasteiger partial charge >= 0.3 is 0 Å². The predicted octanol–water partition coefficient (Wildman–Crippen LogP) is 4.02. The number of H-pyrrole nitrogens is 1. The second-order valence-corrected chi connectivity index (χ2v) is 4.30. The van der Waals surface area contributed by atoms with Gasteiger partial charge in [-0.3, -0.25) is 4.79 Å². The molecule has 1 aromatic carbocycles. The Kier molecular flexibility index (Phi) is 3.32. The van der Waals surface area contributed by atoms with Crippen LogP contribution in [0.3, 0.4) is 0 Å². The van der Waals surface area contributed by atoms with Gasteiger partial charge in [-0.15, -0.1) is 0 Å². The van der Waals surface area contributed by atoms with Crippen molar-refractivity contribution in [3.05, 3.63) is 35.0 Å². The molecule has 1 N–H and O–H groups in total. The summed E-state index contributed by atoms with van der Waals surface area (Å²) in [6, 6.07) is 6.34. The summed E-state index contributed by atoms with van der Waals surface area (Å²) in [5.41, 5.74) is 4.41. The zero-order chi connectivity index (χ0) is 12.4. The maximum atomic E-state index is 11.7. The molecule has 17 heavy (non-hydrogen) atoms. The third-order valence-electron chi connectivity index (χ3n) is 3.17. The summed E-state index contributed by atoms with van der Waals surface area (Å²) in [6.07, 6.45) is 2.72. The van der Waals surface area contributed by atoms with Crippen molar-refractivity contribution in [1.29, 1.82) is 0 Å². The van der Waals surface area contributed by atoms with Crippen LogP contribution in [0, 0.1) is 6.92 Å². The molecule has 1 aliphatic rings. The number of Topliss-reactive ketones (excluding diaryl/α,β-unsaturated/α-hetero) is 1. The molecule has 0 saturated heterocycles. The molecule has 0 bridgehead atoms. The molecular formula is C15H19NO. The van der Waals surface area contributed by atoms with Crippen molar-refractivity contribution < 1.29 is 4.79 Å². The lowest BCUT2D eigenvalue weighted by molar-refractivity contribution is 0.0968. The third kappa shape index (κ3) is 1.99. The van der Waals surface area contributed by atoms with Crippen LogP contribution in [-0.2, 0) is 6.42 Å². The Hall–Kier alpha value is -1.57. The largest absolute Gasteiger partial charge is 0.352 e. The molecule has 90 valence electrons. The first-order valence-electron chi connectivity index (χ1n) is 6.40. The Bertz CT molecular complexity index is 551. The van der Waals surface area contributed by atoms with E-state index in [1.807, 2.05) is 13.8 Å². The van der Waals surface area contributed by atoms with E-state index in [-0.39, 0.29) is 5.78 Å². The summed E-state index contributed by atoms with van der Waals surface area (Å²) in [5.74, 6) is 0.269. The Morgan fingerprint density at radius 3 is 2.71 bits per heavy atom. The highest BCUT2D eigenvalue weighted by atomic mass is 16.1. The molecule has 3 rings (SSSR count). The minimum atomic E-state index is 0.269. The quantitative estimate of drug-likeness (QED) is 0.727. The first-order valence-corrected chi connectivity index (χ1v) is 6.40. The molecule has 0 aliphatic heterocycles. The molecule has 1 aromatic heterocycles. The summed E-state index contributed by atoms with van der Waals surface area (Å²) in [7, 11) is 0. The number of aromatic amines is 1. The molecule has 2 nitrogen and oxygen atoms in total. The number of ketones is 1. The van der Waals surface area contributed by atoms with Crippen LogP contribution in [0.5, 0.6) is 0 Å². The number of hydrogen-bond acceptors (Lipinski definition) is 1. The van der Waals surface area contributed by atoms with E-state index >= 15 is 0 Å². The monoisotopic (exact) mass is 229 g/mol. The summed E-state index contributed by atoms with van der Waals surface area (Å²) >= 11 is 0. The summed E-state index contributed by atoms with van der Waals surface area (Å²) < 4.78 is 0. The highest BCUT2D eigenvalue weighted by Crippen LogP contribution is 2.29. The van der Waals surface area contributed by atoms with Crippen molar-refractivity contribution in [1.82, 2.24) is 4.98 Å². The van der Waals surface area contributed by atoms with E-state index in [4.69, 9.17) is 0 Å². The topological polar surface area (TPSA) is 32.9 Å².